The van der Waals surface area contributed by atoms with E-state index >= 15 is 0 Å². The molecule has 0 aromatic heterocycles. The fraction of sp³-hybridized carbons (Fsp3) is 0.273. The van der Waals surface area contributed by atoms with Crippen LogP contribution in [-0.4, -0.2) is 24.0 Å². The minimum absolute atomic E-state index is 0.172. The van der Waals surface area contributed by atoms with Gasteiger partial charge in [-0.2, -0.15) is 0 Å². The number of nitrogen functional groups attached to an aromatic ring is 1. The first kappa shape index (κ1) is 11.3. The Morgan fingerprint density at radius 1 is 1.41 bits per heavy atom. The van der Waals surface area contributed by atoms with E-state index in [4.69, 9.17) is 5.73 Å². The van der Waals surface area contributed by atoms with Gasteiger partial charge < -0.3 is 26.3 Å². The van der Waals surface area contributed by atoms with Crippen LogP contribution in [0.4, 0.5) is 11.4 Å². The smallest absolute Gasteiger partial charge is 0.243 e. The summed E-state index contributed by atoms with van der Waals surface area (Å²) in [7, 11) is 0. The maximum Gasteiger partial charge on any atom is 0.243 e. The van der Waals surface area contributed by atoms with Crippen LogP contribution in [0.3, 0.4) is 0 Å². The molecule has 6 nitrogen and oxygen atoms in total. The quantitative estimate of drug-likeness (QED) is 0.563. The predicted octanol–water partition coefficient (Wildman–Crippen LogP) is -1.31. The largest absolute Gasteiger partial charge is 0.548 e. The summed E-state index contributed by atoms with van der Waals surface area (Å²) in [5.41, 5.74) is 6.88. The molecule has 0 saturated carbocycles. The van der Waals surface area contributed by atoms with Gasteiger partial charge in [-0.25, -0.2) is 0 Å². The molecule has 0 unspecified atom stereocenters. The number of benzene rings is 1. The van der Waals surface area contributed by atoms with Crippen molar-refractivity contribution in [1.29, 1.82) is 0 Å². The molecular weight excluding hydrogens is 222 g/mol. The SMILES string of the molecule is Nc1ccc(N[C@H]2C[C@@H](C(=O)[O-])NC2=O)cc1. The van der Waals surface area contributed by atoms with E-state index in [-0.39, 0.29) is 12.3 Å². The lowest BCUT2D eigenvalue weighted by molar-refractivity contribution is -0.308. The summed E-state index contributed by atoms with van der Waals surface area (Å²) in [5.74, 6) is -1.60. The van der Waals surface area contributed by atoms with Crippen LogP contribution in [0.2, 0.25) is 0 Å². The van der Waals surface area contributed by atoms with Crippen LogP contribution < -0.4 is 21.5 Å². The second-order valence-electron chi connectivity index (χ2n) is 3.93. The van der Waals surface area contributed by atoms with Gasteiger partial charge in [0.15, 0.2) is 0 Å². The van der Waals surface area contributed by atoms with Gasteiger partial charge >= 0.3 is 0 Å². The van der Waals surface area contributed by atoms with Crippen LogP contribution >= 0.6 is 0 Å². The number of hydrogen-bond donors (Lipinski definition) is 3. The molecular formula is C11H12N3O3-. The van der Waals surface area contributed by atoms with Gasteiger partial charge in [0, 0.05) is 17.8 Å². The highest BCUT2D eigenvalue weighted by molar-refractivity contribution is 5.92. The van der Waals surface area contributed by atoms with Crippen LogP contribution in [0.15, 0.2) is 24.3 Å². The number of nitrogens with one attached hydrogen (secondary N) is 2. The lowest BCUT2D eigenvalue weighted by Crippen LogP contribution is -2.42. The first-order chi connectivity index (χ1) is 8.06. The Labute approximate surface area is 97.8 Å². The van der Waals surface area contributed by atoms with E-state index in [1.807, 2.05) is 0 Å². The Kier molecular flexibility index (Phi) is 2.86. The maximum atomic E-state index is 11.5. The average Bonchev–Trinajstić information content (AvgIpc) is 2.64. The molecule has 1 aliphatic rings. The number of carboxylic acids is 1. The Morgan fingerprint density at radius 2 is 2.06 bits per heavy atom. The summed E-state index contributed by atoms with van der Waals surface area (Å²) < 4.78 is 0. The number of carbonyl (C=O) groups excluding carboxylic acids is 2. The highest BCUT2D eigenvalue weighted by Crippen LogP contribution is 2.16. The summed E-state index contributed by atoms with van der Waals surface area (Å²) in [5, 5.41) is 15.9. The van der Waals surface area contributed by atoms with Crippen LogP contribution in [-0.2, 0) is 9.59 Å². The van der Waals surface area contributed by atoms with E-state index in [0.29, 0.717) is 5.69 Å². The van der Waals surface area contributed by atoms with Crippen molar-refractivity contribution < 1.29 is 14.7 Å². The molecule has 2 atom stereocenters. The lowest BCUT2D eigenvalue weighted by atomic mass is 10.1. The van der Waals surface area contributed by atoms with Crippen molar-refractivity contribution in [3.8, 4) is 0 Å². The Bertz CT molecular complexity index is 444. The van der Waals surface area contributed by atoms with E-state index < -0.39 is 18.1 Å². The topological polar surface area (TPSA) is 107 Å². The summed E-state index contributed by atoms with van der Waals surface area (Å²) in [6.07, 6.45) is 0.172. The molecule has 0 aliphatic carbocycles. The third-order valence-corrected chi connectivity index (χ3v) is 2.64. The first-order valence-electron chi connectivity index (χ1n) is 5.19. The molecule has 1 aliphatic heterocycles. The number of hydrogen-bond acceptors (Lipinski definition) is 5. The number of carbonyl (C=O) groups is 2. The van der Waals surface area contributed by atoms with E-state index in [1.54, 1.807) is 24.3 Å². The second kappa shape index (κ2) is 4.32. The lowest BCUT2D eigenvalue weighted by Gasteiger charge is -2.12. The van der Waals surface area contributed by atoms with Crippen molar-refractivity contribution in [1.82, 2.24) is 5.32 Å². The van der Waals surface area contributed by atoms with Crippen LogP contribution in [0.25, 0.3) is 0 Å². The zero-order chi connectivity index (χ0) is 12.4. The molecule has 90 valence electrons. The highest BCUT2D eigenvalue weighted by Gasteiger charge is 2.32. The fourth-order valence-corrected chi connectivity index (χ4v) is 1.73. The van der Waals surface area contributed by atoms with Crippen LogP contribution in [0.1, 0.15) is 6.42 Å². The number of anilines is 2. The predicted molar refractivity (Wildman–Crippen MR) is 59.8 cm³/mol. The third-order valence-electron chi connectivity index (χ3n) is 2.64. The Morgan fingerprint density at radius 3 is 2.59 bits per heavy atom. The van der Waals surface area contributed by atoms with Crippen molar-refractivity contribution in [2.24, 2.45) is 0 Å². The monoisotopic (exact) mass is 234 g/mol. The average molecular weight is 234 g/mol. The summed E-state index contributed by atoms with van der Waals surface area (Å²) in [6, 6.07) is 5.39. The van der Waals surface area contributed by atoms with E-state index in [2.05, 4.69) is 10.6 Å². The van der Waals surface area contributed by atoms with E-state index in [9.17, 15) is 14.7 Å². The van der Waals surface area contributed by atoms with Crippen LogP contribution in [0, 0.1) is 0 Å². The number of nitrogens with two attached hydrogens (primary N) is 1. The second-order valence-corrected chi connectivity index (χ2v) is 3.93. The maximum absolute atomic E-state index is 11.5. The molecule has 1 aromatic rings. The minimum atomic E-state index is -1.26. The molecule has 1 saturated heterocycles. The van der Waals surface area contributed by atoms with Gasteiger partial charge in [-0.1, -0.05) is 0 Å². The minimum Gasteiger partial charge on any atom is -0.548 e. The Hall–Kier alpha value is -2.24. The number of amides is 1. The molecule has 0 spiro atoms. The number of carboxylic acid groups (broad SMARTS) is 1. The summed E-state index contributed by atoms with van der Waals surface area (Å²) in [4.78, 5) is 22.1. The van der Waals surface area contributed by atoms with Gasteiger partial charge in [0.25, 0.3) is 0 Å². The van der Waals surface area contributed by atoms with Crippen molar-refractivity contribution in [2.75, 3.05) is 11.1 Å². The van der Waals surface area contributed by atoms with Gasteiger partial charge in [-0.3, -0.25) is 4.79 Å². The molecule has 0 radical (unpaired) electrons. The van der Waals surface area contributed by atoms with Crippen molar-refractivity contribution in [2.45, 2.75) is 18.5 Å². The third kappa shape index (κ3) is 2.47. The molecule has 1 amide bonds. The number of aliphatic carboxylic acids is 1. The number of rotatable bonds is 3. The molecule has 17 heavy (non-hydrogen) atoms. The fourth-order valence-electron chi connectivity index (χ4n) is 1.73. The summed E-state index contributed by atoms with van der Waals surface area (Å²) in [6.45, 7) is 0. The molecule has 1 aromatic carbocycles. The van der Waals surface area contributed by atoms with Gasteiger partial charge in [-0.15, -0.1) is 0 Å². The van der Waals surface area contributed by atoms with E-state index in [1.165, 1.54) is 0 Å². The normalized spacial score (nSPS) is 23.2. The van der Waals surface area contributed by atoms with Crippen molar-refractivity contribution in [3.63, 3.8) is 0 Å². The van der Waals surface area contributed by atoms with E-state index in [0.717, 1.165) is 5.69 Å². The van der Waals surface area contributed by atoms with Crippen molar-refractivity contribution in [3.05, 3.63) is 24.3 Å². The molecule has 2 rings (SSSR count). The van der Waals surface area contributed by atoms with Gasteiger partial charge in [0.05, 0.1) is 12.0 Å². The van der Waals surface area contributed by atoms with Gasteiger partial charge in [-0.05, 0) is 24.3 Å². The molecule has 1 heterocycles. The molecule has 1 fully saturated rings. The molecule has 6 heteroatoms. The Balaban J connectivity index is 2.02. The zero-order valence-electron chi connectivity index (χ0n) is 8.97. The van der Waals surface area contributed by atoms with Crippen molar-refractivity contribution >= 4 is 23.3 Å². The summed E-state index contributed by atoms with van der Waals surface area (Å²) >= 11 is 0. The molecule has 4 N–H and O–H groups in total. The standard InChI is InChI=1S/C11H13N3O3/c12-6-1-3-7(4-2-6)13-8-5-9(11(16)17)14-10(8)15/h1-4,8-9,13H,5,12H2,(H,14,15)(H,16,17)/p-1/t8-,9-/m0/s1. The zero-order valence-corrected chi connectivity index (χ0v) is 8.97. The van der Waals surface area contributed by atoms with Crippen LogP contribution in [0.5, 0.6) is 0 Å². The van der Waals surface area contributed by atoms with Gasteiger partial charge in [0.2, 0.25) is 5.91 Å². The first-order valence-corrected chi connectivity index (χ1v) is 5.19. The highest BCUT2D eigenvalue weighted by atomic mass is 16.4. The van der Waals surface area contributed by atoms with Gasteiger partial charge in [0.1, 0.15) is 6.04 Å². The molecule has 0 bridgehead atoms.